The molecule has 0 aromatic carbocycles. The standard InChI is InChI=1S/C12H22N2OS/c1-10(2)14-8-7-13(12(14)15)6-4-11(3)5-9-16/h7-8,10-11,16H,4-6,9H2,1-3H3. The molecule has 3 nitrogen and oxygen atoms in total. The number of aromatic nitrogens is 2. The molecule has 0 amide bonds. The molecule has 0 saturated heterocycles. The minimum atomic E-state index is 0.105. The largest absolute Gasteiger partial charge is 0.328 e. The molecule has 0 aliphatic rings. The summed E-state index contributed by atoms with van der Waals surface area (Å²) in [5.41, 5.74) is 0.105. The van der Waals surface area contributed by atoms with E-state index in [-0.39, 0.29) is 11.7 Å². The predicted octanol–water partition coefficient (Wildman–Crippen LogP) is 2.58. The van der Waals surface area contributed by atoms with Crippen molar-refractivity contribution in [2.24, 2.45) is 5.92 Å². The molecule has 1 aromatic rings. The molecule has 1 rings (SSSR count). The van der Waals surface area contributed by atoms with Crippen LogP contribution < -0.4 is 5.69 Å². The molecule has 16 heavy (non-hydrogen) atoms. The molecule has 1 atom stereocenters. The van der Waals surface area contributed by atoms with E-state index < -0.39 is 0 Å². The fourth-order valence-corrected chi connectivity index (χ4v) is 2.16. The topological polar surface area (TPSA) is 26.9 Å². The van der Waals surface area contributed by atoms with Crippen molar-refractivity contribution in [2.45, 2.75) is 46.2 Å². The predicted molar refractivity (Wildman–Crippen MR) is 71.3 cm³/mol. The summed E-state index contributed by atoms with van der Waals surface area (Å²) in [4.78, 5) is 11.9. The van der Waals surface area contributed by atoms with Gasteiger partial charge in [0, 0.05) is 25.0 Å². The van der Waals surface area contributed by atoms with Crippen LogP contribution in [0, 0.1) is 5.92 Å². The lowest BCUT2D eigenvalue weighted by atomic mass is 10.1. The number of imidazole rings is 1. The van der Waals surface area contributed by atoms with Crippen LogP contribution in [0.25, 0.3) is 0 Å². The van der Waals surface area contributed by atoms with E-state index in [1.165, 1.54) is 0 Å². The van der Waals surface area contributed by atoms with Gasteiger partial charge in [0.25, 0.3) is 0 Å². The average Bonchev–Trinajstić information content (AvgIpc) is 2.57. The minimum absolute atomic E-state index is 0.105. The molecule has 0 radical (unpaired) electrons. The van der Waals surface area contributed by atoms with Gasteiger partial charge in [0.2, 0.25) is 0 Å². The summed E-state index contributed by atoms with van der Waals surface area (Å²) in [5.74, 6) is 1.55. The Kier molecular flexibility index (Phi) is 5.19. The van der Waals surface area contributed by atoms with E-state index in [0.717, 1.165) is 25.1 Å². The normalized spacial score (nSPS) is 13.3. The lowest BCUT2D eigenvalue weighted by Crippen LogP contribution is -2.25. The van der Waals surface area contributed by atoms with Gasteiger partial charge < -0.3 is 0 Å². The first-order chi connectivity index (χ1) is 7.56. The van der Waals surface area contributed by atoms with E-state index in [2.05, 4.69) is 19.6 Å². The molecule has 0 fully saturated rings. The van der Waals surface area contributed by atoms with E-state index in [4.69, 9.17) is 0 Å². The van der Waals surface area contributed by atoms with Crippen molar-refractivity contribution in [2.75, 3.05) is 5.75 Å². The fraction of sp³-hybridized carbons (Fsp3) is 0.750. The lowest BCUT2D eigenvalue weighted by Gasteiger charge is -2.09. The zero-order valence-electron chi connectivity index (χ0n) is 10.4. The molecule has 4 heteroatoms. The van der Waals surface area contributed by atoms with Crippen molar-refractivity contribution in [1.29, 1.82) is 0 Å². The lowest BCUT2D eigenvalue weighted by molar-refractivity contribution is 0.458. The van der Waals surface area contributed by atoms with Gasteiger partial charge in [0.05, 0.1) is 0 Å². The first kappa shape index (κ1) is 13.4. The van der Waals surface area contributed by atoms with Crippen LogP contribution in [0.15, 0.2) is 17.2 Å². The van der Waals surface area contributed by atoms with Gasteiger partial charge in [-0.15, -0.1) is 0 Å². The Morgan fingerprint density at radius 2 is 1.94 bits per heavy atom. The molecule has 0 saturated carbocycles. The molecule has 0 aliphatic carbocycles. The van der Waals surface area contributed by atoms with Gasteiger partial charge in [-0.05, 0) is 38.4 Å². The summed E-state index contributed by atoms with van der Waals surface area (Å²) in [6.07, 6.45) is 5.91. The molecule has 0 aliphatic heterocycles. The average molecular weight is 242 g/mol. The van der Waals surface area contributed by atoms with E-state index in [9.17, 15) is 4.79 Å². The molecule has 1 heterocycles. The Hall–Kier alpha value is -0.640. The van der Waals surface area contributed by atoms with Crippen LogP contribution in [0.1, 0.15) is 39.7 Å². The summed E-state index contributed by atoms with van der Waals surface area (Å²) < 4.78 is 3.57. The second kappa shape index (κ2) is 6.18. The quantitative estimate of drug-likeness (QED) is 0.763. The monoisotopic (exact) mass is 242 g/mol. The maximum atomic E-state index is 11.9. The number of nitrogens with zero attached hydrogens (tertiary/aromatic N) is 2. The summed E-state index contributed by atoms with van der Waals surface area (Å²) >= 11 is 4.22. The first-order valence-corrected chi connectivity index (χ1v) is 6.57. The van der Waals surface area contributed by atoms with Crippen LogP contribution in [-0.2, 0) is 6.54 Å². The highest BCUT2D eigenvalue weighted by Gasteiger charge is 2.07. The number of thiol groups is 1. The second-order valence-corrected chi connectivity index (χ2v) is 5.13. The Balaban J connectivity index is 2.58. The number of aryl methyl sites for hydroxylation is 1. The van der Waals surface area contributed by atoms with Gasteiger partial charge in [-0.3, -0.25) is 9.13 Å². The van der Waals surface area contributed by atoms with E-state index in [1.807, 2.05) is 26.2 Å². The van der Waals surface area contributed by atoms with Gasteiger partial charge >= 0.3 is 5.69 Å². The molecule has 0 N–H and O–H groups in total. The molecule has 1 aromatic heterocycles. The van der Waals surface area contributed by atoms with Crippen LogP contribution in [0.3, 0.4) is 0 Å². The molecule has 0 spiro atoms. The Bertz CT molecular complexity index is 367. The minimum Gasteiger partial charge on any atom is -0.299 e. The second-order valence-electron chi connectivity index (χ2n) is 4.68. The van der Waals surface area contributed by atoms with Gasteiger partial charge in [0.15, 0.2) is 0 Å². The smallest absolute Gasteiger partial charge is 0.299 e. The van der Waals surface area contributed by atoms with Crippen LogP contribution in [0.5, 0.6) is 0 Å². The number of rotatable bonds is 6. The van der Waals surface area contributed by atoms with Gasteiger partial charge in [-0.25, -0.2) is 4.79 Å². The maximum absolute atomic E-state index is 11.9. The summed E-state index contributed by atoms with van der Waals surface area (Å²) in [7, 11) is 0. The molecule has 1 unspecified atom stereocenters. The van der Waals surface area contributed by atoms with E-state index in [1.54, 1.807) is 9.13 Å². The highest BCUT2D eigenvalue weighted by atomic mass is 32.1. The highest BCUT2D eigenvalue weighted by molar-refractivity contribution is 7.80. The van der Waals surface area contributed by atoms with Gasteiger partial charge in [-0.2, -0.15) is 12.6 Å². The van der Waals surface area contributed by atoms with Crippen molar-refractivity contribution in [3.8, 4) is 0 Å². The van der Waals surface area contributed by atoms with Crippen LogP contribution in [-0.4, -0.2) is 14.9 Å². The number of hydrogen-bond acceptors (Lipinski definition) is 2. The highest BCUT2D eigenvalue weighted by Crippen LogP contribution is 2.09. The van der Waals surface area contributed by atoms with Crippen molar-refractivity contribution < 1.29 is 0 Å². The zero-order valence-corrected chi connectivity index (χ0v) is 11.3. The number of hydrogen-bond donors (Lipinski definition) is 1. The van der Waals surface area contributed by atoms with Crippen LogP contribution in [0.4, 0.5) is 0 Å². The zero-order chi connectivity index (χ0) is 12.1. The van der Waals surface area contributed by atoms with Crippen LogP contribution >= 0.6 is 12.6 Å². The summed E-state index contributed by atoms with van der Waals surface area (Å²) in [6.45, 7) is 7.07. The third-order valence-electron chi connectivity index (χ3n) is 2.91. The van der Waals surface area contributed by atoms with E-state index >= 15 is 0 Å². The first-order valence-electron chi connectivity index (χ1n) is 5.94. The van der Waals surface area contributed by atoms with Crippen molar-refractivity contribution in [1.82, 2.24) is 9.13 Å². The molecule has 92 valence electrons. The van der Waals surface area contributed by atoms with Crippen molar-refractivity contribution >= 4 is 12.6 Å². The summed E-state index contributed by atoms with van der Waals surface area (Å²) in [5, 5.41) is 0. The SMILES string of the molecule is CC(CCS)CCn1ccn(C(C)C)c1=O. The maximum Gasteiger partial charge on any atom is 0.328 e. The Morgan fingerprint density at radius 1 is 1.25 bits per heavy atom. The van der Waals surface area contributed by atoms with Crippen molar-refractivity contribution in [3.05, 3.63) is 22.9 Å². The molecule has 0 bridgehead atoms. The Labute approximate surface area is 103 Å². The molecular weight excluding hydrogens is 220 g/mol. The summed E-state index contributed by atoms with van der Waals surface area (Å²) in [6, 6.07) is 0.239. The third kappa shape index (κ3) is 3.44. The van der Waals surface area contributed by atoms with E-state index in [0.29, 0.717) is 5.92 Å². The van der Waals surface area contributed by atoms with Gasteiger partial charge in [-0.1, -0.05) is 6.92 Å². The van der Waals surface area contributed by atoms with Crippen molar-refractivity contribution in [3.63, 3.8) is 0 Å². The molecular formula is C12H22N2OS. The fourth-order valence-electron chi connectivity index (χ4n) is 1.72. The van der Waals surface area contributed by atoms with Gasteiger partial charge in [0.1, 0.15) is 0 Å². The third-order valence-corrected chi connectivity index (χ3v) is 3.17. The van der Waals surface area contributed by atoms with Crippen LogP contribution in [0.2, 0.25) is 0 Å². The Morgan fingerprint density at radius 3 is 2.44 bits per heavy atom.